The Morgan fingerprint density at radius 1 is 1.18 bits per heavy atom. The molecule has 2 aromatic rings. The van der Waals surface area contributed by atoms with Crippen LogP contribution in [0, 0.1) is 17.5 Å². The number of methoxy groups -OCH3 is 1. The Morgan fingerprint density at radius 2 is 1.89 bits per heavy atom. The van der Waals surface area contributed by atoms with Gasteiger partial charge in [0.1, 0.15) is 17.1 Å². The molecular formula is C20H18F3NO4. The third-order valence-corrected chi connectivity index (χ3v) is 4.37. The lowest BCUT2D eigenvalue weighted by Gasteiger charge is -2.39. The molecule has 8 heteroatoms. The van der Waals surface area contributed by atoms with Gasteiger partial charge in [-0.2, -0.15) is 0 Å². The zero-order valence-electron chi connectivity index (χ0n) is 15.2. The van der Waals surface area contributed by atoms with E-state index in [1.165, 1.54) is 30.2 Å². The van der Waals surface area contributed by atoms with Crippen molar-refractivity contribution in [3.05, 3.63) is 70.5 Å². The Bertz CT molecular complexity index is 945. The van der Waals surface area contributed by atoms with Gasteiger partial charge < -0.3 is 19.5 Å². The number of rotatable bonds is 6. The van der Waals surface area contributed by atoms with E-state index in [9.17, 15) is 23.1 Å². The Morgan fingerprint density at radius 3 is 2.50 bits per heavy atom. The summed E-state index contributed by atoms with van der Waals surface area (Å²) < 4.78 is 52.4. The number of benzene rings is 2. The molecule has 1 unspecified atom stereocenters. The van der Waals surface area contributed by atoms with Crippen LogP contribution in [0.4, 0.5) is 18.9 Å². The number of carboxylic acid groups (broad SMARTS) is 1. The molecule has 0 aromatic heterocycles. The largest absolute Gasteiger partial charge is 0.495 e. The molecule has 0 saturated carbocycles. The van der Waals surface area contributed by atoms with Gasteiger partial charge in [-0.1, -0.05) is 12.1 Å². The predicted molar refractivity (Wildman–Crippen MR) is 95.9 cm³/mol. The van der Waals surface area contributed by atoms with Crippen molar-refractivity contribution in [2.45, 2.75) is 19.7 Å². The molecule has 0 aliphatic carbocycles. The van der Waals surface area contributed by atoms with E-state index in [1.54, 1.807) is 13.0 Å². The lowest BCUT2D eigenvalue weighted by molar-refractivity contribution is -0.134. The fourth-order valence-corrected chi connectivity index (χ4v) is 3.25. The van der Waals surface area contributed by atoms with Crippen molar-refractivity contribution in [1.82, 2.24) is 0 Å². The van der Waals surface area contributed by atoms with E-state index >= 15 is 0 Å². The summed E-state index contributed by atoms with van der Waals surface area (Å²) in [4.78, 5) is 13.4. The normalized spacial score (nSPS) is 16.2. The minimum atomic E-state index is -1.32. The van der Waals surface area contributed by atoms with Crippen LogP contribution in [-0.4, -0.2) is 31.0 Å². The summed E-state index contributed by atoms with van der Waals surface area (Å²) in [6, 6.07) is 7.53. The lowest BCUT2D eigenvalue weighted by atomic mass is 9.97. The van der Waals surface area contributed by atoms with Gasteiger partial charge >= 0.3 is 5.97 Å². The maximum atomic E-state index is 14.0. The fourth-order valence-electron chi connectivity index (χ4n) is 3.25. The van der Waals surface area contributed by atoms with Gasteiger partial charge in [-0.25, -0.2) is 18.0 Å². The van der Waals surface area contributed by atoms with E-state index in [1.807, 2.05) is 0 Å². The minimum Gasteiger partial charge on any atom is -0.495 e. The zero-order chi connectivity index (χ0) is 20.4. The number of halogens is 3. The summed E-state index contributed by atoms with van der Waals surface area (Å²) in [5, 5.41) is 9.74. The number of ether oxygens (including phenoxy) is 2. The molecule has 1 N–H and O–H groups in total. The van der Waals surface area contributed by atoms with E-state index in [0.717, 1.165) is 12.1 Å². The summed E-state index contributed by atoms with van der Waals surface area (Å²) in [5.41, 5.74) is 0.514. The highest BCUT2D eigenvalue weighted by Gasteiger charge is 2.39. The number of anilines is 1. The van der Waals surface area contributed by atoms with Gasteiger partial charge in [0.15, 0.2) is 17.9 Å². The standard InChI is InChI=1S/C20H18F3NO4/c1-3-28-19-17(20(25)26)18(27-2)13-8-14(22)15(23)9-16(13)24(19)10-11-5-4-6-12(21)7-11/h4-9,19H,3,10H2,1-2H3,(H,25,26). The summed E-state index contributed by atoms with van der Waals surface area (Å²) in [5.74, 6) is -4.16. The first-order valence-corrected chi connectivity index (χ1v) is 8.50. The summed E-state index contributed by atoms with van der Waals surface area (Å²) in [6.45, 7) is 1.83. The third kappa shape index (κ3) is 3.55. The fraction of sp³-hybridized carbons (Fsp3) is 0.250. The lowest BCUT2D eigenvalue weighted by Crippen LogP contribution is -2.44. The summed E-state index contributed by atoms with van der Waals surface area (Å²) in [6.07, 6.45) is -1.14. The van der Waals surface area contributed by atoms with Crippen molar-refractivity contribution in [3.8, 4) is 0 Å². The molecule has 1 aliphatic rings. The first-order valence-electron chi connectivity index (χ1n) is 8.50. The van der Waals surface area contributed by atoms with E-state index in [4.69, 9.17) is 9.47 Å². The van der Waals surface area contributed by atoms with Crippen LogP contribution in [0.15, 0.2) is 42.0 Å². The highest BCUT2D eigenvalue weighted by atomic mass is 19.2. The molecule has 148 valence electrons. The molecule has 3 rings (SSSR count). The van der Waals surface area contributed by atoms with Crippen molar-refractivity contribution in [1.29, 1.82) is 0 Å². The molecule has 0 saturated heterocycles. The van der Waals surface area contributed by atoms with Gasteiger partial charge in [-0.15, -0.1) is 0 Å². The Hall–Kier alpha value is -3.00. The Labute approximate surface area is 159 Å². The number of aliphatic carboxylic acids is 1. The minimum absolute atomic E-state index is 0.00821. The quantitative estimate of drug-likeness (QED) is 0.806. The van der Waals surface area contributed by atoms with Crippen molar-refractivity contribution in [3.63, 3.8) is 0 Å². The van der Waals surface area contributed by atoms with Crippen LogP contribution in [0.2, 0.25) is 0 Å². The smallest absolute Gasteiger partial charge is 0.340 e. The van der Waals surface area contributed by atoms with Gasteiger partial charge in [-0.3, -0.25) is 0 Å². The van der Waals surface area contributed by atoms with Crippen LogP contribution < -0.4 is 4.90 Å². The summed E-state index contributed by atoms with van der Waals surface area (Å²) >= 11 is 0. The molecule has 28 heavy (non-hydrogen) atoms. The molecule has 2 aromatic carbocycles. The van der Waals surface area contributed by atoms with Crippen molar-refractivity contribution < 1.29 is 32.5 Å². The van der Waals surface area contributed by atoms with Crippen LogP contribution in [-0.2, 0) is 20.8 Å². The number of hydrogen-bond donors (Lipinski definition) is 1. The molecule has 5 nitrogen and oxygen atoms in total. The second-order valence-electron chi connectivity index (χ2n) is 6.10. The topological polar surface area (TPSA) is 59.0 Å². The Kier molecular flexibility index (Phi) is 5.60. The highest BCUT2D eigenvalue weighted by Crippen LogP contribution is 2.41. The highest BCUT2D eigenvalue weighted by molar-refractivity contribution is 6.00. The van der Waals surface area contributed by atoms with Crippen LogP contribution in [0.25, 0.3) is 5.76 Å². The van der Waals surface area contributed by atoms with Crippen LogP contribution in [0.5, 0.6) is 0 Å². The molecule has 1 heterocycles. The molecule has 0 bridgehead atoms. The predicted octanol–water partition coefficient (Wildman–Crippen LogP) is 3.93. The molecular weight excluding hydrogens is 375 g/mol. The van der Waals surface area contributed by atoms with E-state index in [0.29, 0.717) is 5.56 Å². The molecule has 0 fully saturated rings. The summed E-state index contributed by atoms with van der Waals surface area (Å²) in [7, 11) is 1.24. The van der Waals surface area contributed by atoms with E-state index < -0.39 is 29.6 Å². The first-order chi connectivity index (χ1) is 13.4. The number of nitrogens with zero attached hydrogens (tertiary/aromatic N) is 1. The van der Waals surface area contributed by atoms with E-state index in [-0.39, 0.29) is 35.7 Å². The van der Waals surface area contributed by atoms with Gasteiger partial charge in [0.05, 0.1) is 12.8 Å². The Balaban J connectivity index is 2.23. The average Bonchev–Trinajstić information content (AvgIpc) is 2.64. The van der Waals surface area contributed by atoms with Crippen molar-refractivity contribution in [2.75, 3.05) is 18.6 Å². The van der Waals surface area contributed by atoms with Gasteiger partial charge in [0.25, 0.3) is 0 Å². The van der Waals surface area contributed by atoms with Crippen molar-refractivity contribution in [2.24, 2.45) is 0 Å². The molecule has 1 atom stereocenters. The monoisotopic (exact) mass is 393 g/mol. The van der Waals surface area contributed by atoms with Crippen molar-refractivity contribution >= 4 is 17.4 Å². The second kappa shape index (κ2) is 7.93. The average molecular weight is 393 g/mol. The molecule has 0 amide bonds. The van der Waals surface area contributed by atoms with E-state index in [2.05, 4.69) is 0 Å². The third-order valence-electron chi connectivity index (χ3n) is 4.37. The zero-order valence-corrected chi connectivity index (χ0v) is 15.2. The number of carbonyl (C=O) groups is 1. The molecule has 1 aliphatic heterocycles. The van der Waals surface area contributed by atoms with Crippen LogP contribution in [0.3, 0.4) is 0 Å². The van der Waals surface area contributed by atoms with Gasteiger partial charge in [-0.05, 0) is 30.7 Å². The molecule has 0 spiro atoms. The molecule has 0 radical (unpaired) electrons. The van der Waals surface area contributed by atoms with Gasteiger partial charge in [0, 0.05) is 24.8 Å². The number of fused-ring (bicyclic) bond motifs is 1. The van der Waals surface area contributed by atoms with Gasteiger partial charge in [0.2, 0.25) is 0 Å². The number of hydrogen-bond acceptors (Lipinski definition) is 4. The second-order valence-corrected chi connectivity index (χ2v) is 6.10. The van der Waals surface area contributed by atoms with Crippen LogP contribution in [0.1, 0.15) is 18.1 Å². The number of carboxylic acids is 1. The SMILES string of the molecule is CCOC1C(C(=O)O)=C(OC)c2cc(F)c(F)cc2N1Cc1cccc(F)c1. The maximum absolute atomic E-state index is 14.0. The van der Waals surface area contributed by atoms with Crippen LogP contribution >= 0.6 is 0 Å². The maximum Gasteiger partial charge on any atom is 0.340 e. The first kappa shape index (κ1) is 19.8.